The van der Waals surface area contributed by atoms with Crippen LogP contribution >= 0.6 is 11.3 Å². The van der Waals surface area contributed by atoms with Crippen LogP contribution in [0.25, 0.3) is 22.3 Å². The molecule has 0 spiro atoms. The lowest BCUT2D eigenvalue weighted by atomic mass is 9.98. The third kappa shape index (κ3) is 3.88. The number of carbonyl (C=O) groups excluding carboxylic acids is 1. The van der Waals surface area contributed by atoms with E-state index >= 15 is 0 Å². The highest BCUT2D eigenvalue weighted by Crippen LogP contribution is 2.27. The predicted octanol–water partition coefficient (Wildman–Crippen LogP) is 3.74. The number of fused-ring (bicyclic) bond motifs is 1. The molecule has 1 aromatic carbocycles. The van der Waals surface area contributed by atoms with Gasteiger partial charge in [0.15, 0.2) is 5.65 Å². The fourth-order valence-electron chi connectivity index (χ4n) is 3.02. The van der Waals surface area contributed by atoms with E-state index in [1.807, 2.05) is 20.8 Å². The van der Waals surface area contributed by atoms with Crippen molar-refractivity contribution >= 4 is 28.4 Å². The molecule has 30 heavy (non-hydrogen) atoms. The van der Waals surface area contributed by atoms with Gasteiger partial charge in [-0.2, -0.15) is 0 Å². The molecular weight excluding hydrogens is 405 g/mol. The maximum absolute atomic E-state index is 14.7. The van der Waals surface area contributed by atoms with Crippen molar-refractivity contribution in [1.82, 2.24) is 25.3 Å². The van der Waals surface area contributed by atoms with Gasteiger partial charge in [0.2, 0.25) is 0 Å². The zero-order valence-corrected chi connectivity index (χ0v) is 17.5. The Morgan fingerprint density at radius 1 is 1.23 bits per heavy atom. The van der Waals surface area contributed by atoms with Crippen molar-refractivity contribution in [3.8, 4) is 11.1 Å². The lowest BCUT2D eigenvalue weighted by Crippen LogP contribution is -2.24. The number of amides is 1. The number of imidazole rings is 1. The van der Waals surface area contributed by atoms with Crippen LogP contribution in [0.15, 0.2) is 40.6 Å². The minimum absolute atomic E-state index is 0.0417. The number of H-pyrrole nitrogens is 2. The fraction of sp³-hybridized carbons (Fsp3) is 0.238. The maximum Gasteiger partial charge on any atom is 0.325 e. The molecule has 3 heterocycles. The summed E-state index contributed by atoms with van der Waals surface area (Å²) in [5.41, 5.74) is 2.36. The maximum atomic E-state index is 14.7. The molecule has 0 aliphatic carbocycles. The molecular formula is C21H20FN5O2S. The number of nitrogens with one attached hydrogen (secondary N) is 3. The van der Waals surface area contributed by atoms with Crippen LogP contribution in [0.2, 0.25) is 0 Å². The summed E-state index contributed by atoms with van der Waals surface area (Å²) in [5, 5.41) is 5.30. The van der Waals surface area contributed by atoms with Crippen LogP contribution in [0.1, 0.15) is 41.8 Å². The second-order valence-corrected chi connectivity index (χ2v) is 8.80. The average molecular weight is 425 g/mol. The SMILES string of the molecule is CC(C)(C)c1nc(C(=O)NCc2ccc(-c3ccnc4[nH]c(=O)[nH]c34)cc2F)cs1. The zero-order chi connectivity index (χ0) is 21.5. The van der Waals surface area contributed by atoms with E-state index in [9.17, 15) is 14.0 Å². The Balaban J connectivity index is 1.52. The molecule has 0 radical (unpaired) electrons. The van der Waals surface area contributed by atoms with Gasteiger partial charge in [0, 0.05) is 34.7 Å². The summed E-state index contributed by atoms with van der Waals surface area (Å²) in [4.78, 5) is 37.6. The Bertz CT molecular complexity index is 1300. The molecule has 0 fully saturated rings. The Kier molecular flexibility index (Phi) is 4.98. The van der Waals surface area contributed by atoms with Crippen LogP contribution < -0.4 is 11.0 Å². The largest absolute Gasteiger partial charge is 0.346 e. The van der Waals surface area contributed by atoms with Gasteiger partial charge < -0.3 is 10.3 Å². The van der Waals surface area contributed by atoms with Crippen molar-refractivity contribution < 1.29 is 9.18 Å². The minimum Gasteiger partial charge on any atom is -0.346 e. The zero-order valence-electron chi connectivity index (χ0n) is 16.7. The third-order valence-electron chi connectivity index (χ3n) is 4.60. The molecule has 7 nitrogen and oxygen atoms in total. The monoisotopic (exact) mass is 425 g/mol. The Hall–Kier alpha value is -3.33. The van der Waals surface area contributed by atoms with Crippen molar-refractivity contribution in [2.24, 2.45) is 0 Å². The summed E-state index contributed by atoms with van der Waals surface area (Å²) in [6.07, 6.45) is 1.55. The summed E-state index contributed by atoms with van der Waals surface area (Å²) in [7, 11) is 0. The highest BCUT2D eigenvalue weighted by molar-refractivity contribution is 7.10. The topological polar surface area (TPSA) is 104 Å². The van der Waals surface area contributed by atoms with Crippen LogP contribution in [0.4, 0.5) is 4.39 Å². The molecule has 0 atom stereocenters. The van der Waals surface area contributed by atoms with Crippen LogP contribution in [0.5, 0.6) is 0 Å². The van der Waals surface area contributed by atoms with E-state index < -0.39 is 5.82 Å². The number of nitrogens with zero attached hydrogens (tertiary/aromatic N) is 2. The van der Waals surface area contributed by atoms with Gasteiger partial charge in [-0.05, 0) is 17.7 Å². The molecule has 9 heteroatoms. The number of rotatable bonds is 4. The lowest BCUT2D eigenvalue weighted by Gasteiger charge is -2.13. The smallest absolute Gasteiger partial charge is 0.325 e. The van der Waals surface area contributed by atoms with Crippen LogP contribution in [-0.2, 0) is 12.0 Å². The molecule has 0 saturated heterocycles. The first-order valence-electron chi connectivity index (χ1n) is 9.32. The van der Waals surface area contributed by atoms with Gasteiger partial charge >= 0.3 is 5.69 Å². The summed E-state index contributed by atoms with van der Waals surface area (Å²) in [5.74, 6) is -0.796. The summed E-state index contributed by atoms with van der Waals surface area (Å²) >= 11 is 1.43. The number of pyridine rings is 1. The first-order valence-corrected chi connectivity index (χ1v) is 10.2. The highest BCUT2D eigenvalue weighted by atomic mass is 32.1. The standard InChI is InChI=1S/C21H20FN5O2S/c1-21(2,3)19-25-15(10-30-19)18(28)24-9-12-5-4-11(8-14(12)22)13-6-7-23-17-16(13)26-20(29)27-17/h4-8,10H,9H2,1-3H3,(H,24,28)(H2,23,26,27,29). The molecule has 0 saturated carbocycles. The minimum atomic E-state index is -0.454. The van der Waals surface area contributed by atoms with Crippen molar-refractivity contribution in [2.45, 2.75) is 32.7 Å². The van der Waals surface area contributed by atoms with E-state index in [2.05, 4.69) is 25.3 Å². The second-order valence-electron chi connectivity index (χ2n) is 7.94. The predicted molar refractivity (Wildman–Crippen MR) is 114 cm³/mol. The van der Waals surface area contributed by atoms with E-state index in [0.29, 0.717) is 33.5 Å². The number of carbonyl (C=O) groups is 1. The van der Waals surface area contributed by atoms with Crippen molar-refractivity contribution in [3.63, 3.8) is 0 Å². The van der Waals surface area contributed by atoms with Gasteiger partial charge in [-0.3, -0.25) is 9.78 Å². The molecule has 154 valence electrons. The quantitative estimate of drug-likeness (QED) is 0.463. The number of hydrogen-bond acceptors (Lipinski definition) is 5. The first kappa shape index (κ1) is 20.0. The number of aromatic nitrogens is 4. The molecule has 4 aromatic rings. The lowest BCUT2D eigenvalue weighted by molar-refractivity contribution is 0.0946. The Morgan fingerprint density at radius 2 is 2.03 bits per heavy atom. The number of thiazole rings is 1. The van der Waals surface area contributed by atoms with E-state index in [0.717, 1.165) is 5.01 Å². The van der Waals surface area contributed by atoms with Crippen molar-refractivity contribution in [3.05, 3.63) is 68.4 Å². The normalized spacial score (nSPS) is 11.7. The van der Waals surface area contributed by atoms with Gasteiger partial charge in [-0.15, -0.1) is 11.3 Å². The highest BCUT2D eigenvalue weighted by Gasteiger charge is 2.20. The first-order chi connectivity index (χ1) is 14.2. The average Bonchev–Trinajstić information content (AvgIpc) is 3.32. The summed E-state index contributed by atoms with van der Waals surface area (Å²) < 4.78 is 14.7. The van der Waals surface area contributed by atoms with Crippen LogP contribution in [0, 0.1) is 5.82 Å². The molecule has 0 aliphatic rings. The molecule has 0 unspecified atom stereocenters. The second kappa shape index (κ2) is 7.49. The molecule has 1 amide bonds. The molecule has 4 rings (SSSR count). The van der Waals surface area contributed by atoms with E-state index in [1.54, 1.807) is 29.8 Å². The van der Waals surface area contributed by atoms with Gasteiger partial charge in [0.1, 0.15) is 11.5 Å². The van der Waals surface area contributed by atoms with Gasteiger partial charge in [-0.25, -0.2) is 19.2 Å². The van der Waals surface area contributed by atoms with E-state index in [1.165, 1.54) is 17.4 Å². The van der Waals surface area contributed by atoms with Gasteiger partial charge in [-0.1, -0.05) is 32.9 Å². The van der Waals surface area contributed by atoms with E-state index in [-0.39, 0.29) is 23.6 Å². The Labute approximate surface area is 175 Å². The van der Waals surface area contributed by atoms with Crippen LogP contribution in [0.3, 0.4) is 0 Å². The molecule has 0 aliphatic heterocycles. The summed E-state index contributed by atoms with van der Waals surface area (Å²) in [6, 6.07) is 6.44. The number of halogens is 1. The molecule has 3 aromatic heterocycles. The molecule has 3 N–H and O–H groups in total. The van der Waals surface area contributed by atoms with Crippen LogP contribution in [-0.4, -0.2) is 25.8 Å². The van der Waals surface area contributed by atoms with E-state index in [4.69, 9.17) is 0 Å². The number of benzene rings is 1. The molecule has 0 bridgehead atoms. The number of aromatic amines is 2. The number of hydrogen-bond donors (Lipinski definition) is 3. The Morgan fingerprint density at radius 3 is 2.73 bits per heavy atom. The van der Waals surface area contributed by atoms with Gasteiger partial charge in [0.05, 0.1) is 10.5 Å². The van der Waals surface area contributed by atoms with Gasteiger partial charge in [0.25, 0.3) is 5.91 Å². The summed E-state index contributed by atoms with van der Waals surface area (Å²) in [6.45, 7) is 6.14. The third-order valence-corrected chi connectivity index (χ3v) is 5.87. The fourth-order valence-corrected chi connectivity index (χ4v) is 3.91. The van der Waals surface area contributed by atoms with Crippen molar-refractivity contribution in [1.29, 1.82) is 0 Å². The van der Waals surface area contributed by atoms with Crippen molar-refractivity contribution in [2.75, 3.05) is 0 Å².